The molecule has 0 unspecified atom stereocenters. The van der Waals surface area contributed by atoms with Crippen molar-refractivity contribution in [2.45, 2.75) is 132 Å². The quantitative estimate of drug-likeness (QED) is 0.253. The van der Waals surface area contributed by atoms with Gasteiger partial charge in [0.2, 0.25) is 0 Å². The van der Waals surface area contributed by atoms with Crippen LogP contribution in [0.5, 0.6) is 0 Å². The van der Waals surface area contributed by atoms with Crippen LogP contribution in [0.25, 0.3) is 0 Å². The Morgan fingerprint density at radius 3 is 2.39 bits per heavy atom. The van der Waals surface area contributed by atoms with Gasteiger partial charge in [-0.25, -0.2) is 0 Å². The number of anilines is 1. The van der Waals surface area contributed by atoms with Crippen LogP contribution in [0.1, 0.15) is 121 Å². The molecule has 4 N–H and O–H groups in total. The molecule has 0 spiro atoms. The van der Waals surface area contributed by atoms with E-state index in [4.69, 9.17) is 15.2 Å². The maximum atomic E-state index is 13.5. The number of aromatic nitrogens is 4. The molecule has 1 aliphatic heterocycles. The average molecular weight is 683 g/mol. The van der Waals surface area contributed by atoms with Crippen molar-refractivity contribution in [1.82, 2.24) is 25.5 Å². The number of aliphatic carboxylic acids is 1. The van der Waals surface area contributed by atoms with Crippen LogP contribution in [0.4, 0.5) is 5.95 Å². The van der Waals surface area contributed by atoms with E-state index in [-0.39, 0.29) is 51.2 Å². The zero-order valence-electron chi connectivity index (χ0n) is 32.5. The second-order valence-corrected chi connectivity index (χ2v) is 19.7. The van der Waals surface area contributed by atoms with Crippen LogP contribution in [0, 0.1) is 62.1 Å². The van der Waals surface area contributed by atoms with Crippen molar-refractivity contribution in [2.24, 2.45) is 62.1 Å². The summed E-state index contributed by atoms with van der Waals surface area (Å²) >= 11 is 0. The third kappa shape index (κ3) is 5.02. The number of nitrogen functional groups attached to an aromatic ring is 1. The van der Waals surface area contributed by atoms with Gasteiger partial charge in [0.25, 0.3) is 5.95 Å². The van der Waals surface area contributed by atoms with Crippen molar-refractivity contribution in [3.05, 3.63) is 11.6 Å². The van der Waals surface area contributed by atoms with Gasteiger partial charge in [0.15, 0.2) is 0 Å². The topological polar surface area (TPSA) is 137 Å². The van der Waals surface area contributed by atoms with Crippen LogP contribution in [-0.4, -0.2) is 69.8 Å². The van der Waals surface area contributed by atoms with Crippen LogP contribution in [0.3, 0.4) is 0 Å². The fourth-order valence-corrected chi connectivity index (χ4v) is 12.4. The van der Waals surface area contributed by atoms with Gasteiger partial charge in [-0.05, 0) is 108 Å². The van der Waals surface area contributed by atoms with Crippen molar-refractivity contribution < 1.29 is 19.4 Å². The number of nitrogens with one attached hydrogen (secondary N) is 1. The molecule has 49 heavy (non-hydrogen) atoms. The summed E-state index contributed by atoms with van der Waals surface area (Å²) in [6.45, 7) is 27.0. The molecule has 0 aromatic carbocycles. The minimum atomic E-state index is -0.636. The minimum Gasteiger partial charge on any atom is -0.481 e. The Kier molecular flexibility index (Phi) is 8.80. The van der Waals surface area contributed by atoms with Crippen molar-refractivity contribution in [1.29, 1.82) is 0 Å². The second-order valence-electron chi connectivity index (χ2n) is 19.7. The maximum Gasteiger partial charge on any atom is 0.307 e. The third-order valence-corrected chi connectivity index (χ3v) is 16.5. The van der Waals surface area contributed by atoms with Gasteiger partial charge in [0.1, 0.15) is 6.04 Å². The fourth-order valence-electron chi connectivity index (χ4n) is 12.4. The van der Waals surface area contributed by atoms with Crippen LogP contribution in [-0.2, 0) is 14.3 Å². The zero-order valence-corrected chi connectivity index (χ0v) is 32.5. The largest absolute Gasteiger partial charge is 0.481 e. The molecule has 2 heterocycles. The van der Waals surface area contributed by atoms with Gasteiger partial charge in [0, 0.05) is 11.0 Å². The molecule has 2 bridgehead atoms. The summed E-state index contributed by atoms with van der Waals surface area (Å²) in [5.41, 5.74) is 5.76. The van der Waals surface area contributed by atoms with Crippen LogP contribution in [0.2, 0.25) is 0 Å². The van der Waals surface area contributed by atoms with Crippen LogP contribution >= 0.6 is 0 Å². The van der Waals surface area contributed by atoms with E-state index in [0.29, 0.717) is 37.6 Å². The number of allylic oxidation sites excluding steroid dienone is 1. The number of tetrazole rings is 1. The number of rotatable bonds is 8. The van der Waals surface area contributed by atoms with Crippen molar-refractivity contribution in [2.75, 3.05) is 32.6 Å². The van der Waals surface area contributed by atoms with Gasteiger partial charge in [0.05, 0.1) is 31.8 Å². The van der Waals surface area contributed by atoms with E-state index in [1.807, 2.05) is 7.05 Å². The number of ether oxygens (including phenoxy) is 2. The summed E-state index contributed by atoms with van der Waals surface area (Å²) in [6, 6.07) is -0.176. The van der Waals surface area contributed by atoms with E-state index in [2.05, 4.69) is 103 Å². The van der Waals surface area contributed by atoms with Gasteiger partial charge in [-0.1, -0.05) is 86.0 Å². The molecule has 276 valence electrons. The van der Waals surface area contributed by atoms with Crippen molar-refractivity contribution in [3.63, 3.8) is 0 Å². The Balaban J connectivity index is 1.52. The first-order valence-electron chi connectivity index (χ1n) is 19.0. The number of carbonyl (C=O) groups is 1. The molecule has 1 aromatic rings. The van der Waals surface area contributed by atoms with Gasteiger partial charge < -0.3 is 25.6 Å². The summed E-state index contributed by atoms with van der Waals surface area (Å²) in [5, 5.41) is 27.9. The van der Waals surface area contributed by atoms with Gasteiger partial charge >= 0.3 is 5.97 Å². The Labute approximate surface area is 295 Å². The molecule has 3 saturated carbocycles. The highest BCUT2D eigenvalue weighted by Gasteiger charge is 2.73. The monoisotopic (exact) mass is 683 g/mol. The first kappa shape index (κ1) is 36.7. The second kappa shape index (κ2) is 11.7. The van der Waals surface area contributed by atoms with Crippen LogP contribution in [0.15, 0.2) is 11.6 Å². The molecule has 0 radical (unpaired) electrons. The Hall–Kier alpha value is -2.04. The smallest absolute Gasteiger partial charge is 0.307 e. The fraction of sp³-hybridized carbons (Fsp3) is 0.897. The molecule has 10 heteroatoms. The molecule has 1 aromatic heterocycles. The molecular weight excluding hydrogens is 616 g/mol. The number of fused-ring (bicyclic) bond motifs is 3. The highest BCUT2D eigenvalue weighted by atomic mass is 16.5. The lowest BCUT2D eigenvalue weighted by Gasteiger charge is -2.71. The third-order valence-electron chi connectivity index (χ3n) is 16.5. The van der Waals surface area contributed by atoms with E-state index in [1.54, 1.807) is 4.80 Å². The van der Waals surface area contributed by atoms with Crippen molar-refractivity contribution >= 4 is 11.9 Å². The summed E-state index contributed by atoms with van der Waals surface area (Å²) in [5.74, 6) is 0.386. The van der Waals surface area contributed by atoms with E-state index < -0.39 is 22.7 Å². The first-order valence-corrected chi connectivity index (χ1v) is 19.0. The normalized spacial score (nSPS) is 43.9. The lowest BCUT2D eigenvalue weighted by molar-refractivity contribution is -0.257. The van der Waals surface area contributed by atoms with Gasteiger partial charge in [-0.2, -0.15) is 4.80 Å². The number of hydrogen-bond donors (Lipinski definition) is 3. The number of carboxylic acids is 1. The van der Waals surface area contributed by atoms with Crippen LogP contribution < -0.4 is 11.1 Å². The Morgan fingerprint density at radius 1 is 1.12 bits per heavy atom. The van der Waals surface area contributed by atoms with E-state index in [1.165, 1.54) is 5.57 Å². The molecule has 1 saturated heterocycles. The van der Waals surface area contributed by atoms with E-state index in [9.17, 15) is 9.90 Å². The molecule has 6 rings (SSSR count). The summed E-state index contributed by atoms with van der Waals surface area (Å²) in [4.78, 5) is 15.3. The average Bonchev–Trinajstić information content (AvgIpc) is 3.45. The number of likely N-dealkylation sites (N-methyl/N-ethyl adjacent to an activating group) is 1. The number of carboxylic acid groups (broad SMARTS) is 1. The molecule has 4 aliphatic carbocycles. The molecule has 12 atom stereocenters. The van der Waals surface area contributed by atoms with E-state index >= 15 is 0 Å². The summed E-state index contributed by atoms with van der Waals surface area (Å²) < 4.78 is 14.1. The maximum absolute atomic E-state index is 13.5. The van der Waals surface area contributed by atoms with Gasteiger partial charge in [-0.15, -0.1) is 5.10 Å². The highest BCUT2D eigenvalue weighted by molar-refractivity contribution is 5.73. The first-order chi connectivity index (χ1) is 22.6. The molecular formula is C39H66N6O4. The number of nitrogens with zero attached hydrogens (tertiary/aromatic N) is 4. The highest BCUT2D eigenvalue weighted by Crippen LogP contribution is 2.75. The Bertz CT molecular complexity index is 1470. The molecule has 5 aliphatic rings. The standard InChI is InChI=1S/C39H66N6O4/c1-23(2)24(3)35(8)17-18-36(9)25-13-14-28-34(7)19-27(45-43-32(40)42-44-45)30(49-21-38(11,41-12)33(4,5)6)39(28,22-48-20-34)26(25)15-16-37(36,10)29(35)31(46)47/h15,23-25,27-30,41H,13-14,16-22H2,1-12H3,(H2,40,43)(H,46,47)/t24-,25+,27-,28-,29-,30+,34-,35-,36-,37+,38-,39+/m1/s1. The van der Waals surface area contributed by atoms with Crippen molar-refractivity contribution in [3.8, 4) is 0 Å². The predicted molar refractivity (Wildman–Crippen MR) is 191 cm³/mol. The Morgan fingerprint density at radius 2 is 1.82 bits per heavy atom. The van der Waals surface area contributed by atoms with E-state index in [0.717, 1.165) is 38.5 Å². The summed E-state index contributed by atoms with van der Waals surface area (Å²) in [6.07, 6.45) is 7.81. The lowest BCUT2D eigenvalue weighted by atomic mass is 9.34. The number of hydrogen-bond acceptors (Lipinski definition) is 8. The molecule has 10 nitrogen and oxygen atoms in total. The predicted octanol–water partition coefficient (Wildman–Crippen LogP) is 6.79. The van der Waals surface area contributed by atoms with Gasteiger partial charge in [-0.3, -0.25) is 4.79 Å². The molecule has 4 fully saturated rings. The SMILES string of the molecule is CN[C@](C)(CO[C@H]1[C@H](n2nnc(N)n2)C[C@]2(C)COC[C@@]13C1=CC[C@@]4(C)[C@H](C(=O)O)[C@@](C)([C@H](C)C(C)C)CC[C@]4(C)[C@H]1CC[C@H]23)C(C)(C)C. The lowest BCUT2D eigenvalue weighted by Crippen LogP contribution is -2.70. The summed E-state index contributed by atoms with van der Waals surface area (Å²) in [7, 11) is 2.02. The number of nitrogens with two attached hydrogens (primary N) is 1. The molecule has 0 amide bonds. The minimum absolute atomic E-state index is 0.0707. The zero-order chi connectivity index (χ0) is 36.2.